The number of sulfonamides is 1. The molecule has 0 atom stereocenters. The molecule has 2 aromatic rings. The molecule has 0 aliphatic carbocycles. The summed E-state index contributed by atoms with van der Waals surface area (Å²) in [6.07, 6.45) is 0. The normalized spacial score (nSPS) is 11.3. The zero-order valence-corrected chi connectivity index (χ0v) is 16.4. The van der Waals surface area contributed by atoms with E-state index in [1.807, 2.05) is 0 Å². The van der Waals surface area contributed by atoms with Crippen molar-refractivity contribution < 1.29 is 18.3 Å². The van der Waals surface area contributed by atoms with E-state index in [-0.39, 0.29) is 29.6 Å². The number of hydrogen-bond acceptors (Lipinski definition) is 4. The van der Waals surface area contributed by atoms with Gasteiger partial charge in [0.2, 0.25) is 0 Å². The lowest BCUT2D eigenvalue weighted by Gasteiger charge is -2.17. The molecule has 0 aromatic heterocycles. The molecule has 6 nitrogen and oxygen atoms in total. The van der Waals surface area contributed by atoms with Crippen molar-refractivity contribution in [1.82, 2.24) is 4.90 Å². The number of aliphatic hydroxyl groups excluding tert-OH is 1. The second kappa shape index (κ2) is 8.07. The second-order valence-electron chi connectivity index (χ2n) is 6.00. The van der Waals surface area contributed by atoms with Gasteiger partial charge in [0.25, 0.3) is 15.9 Å². The Balaban J connectivity index is 2.32. The highest BCUT2D eigenvalue weighted by Crippen LogP contribution is 2.26. The van der Waals surface area contributed by atoms with E-state index in [0.717, 1.165) is 0 Å². The van der Waals surface area contributed by atoms with Gasteiger partial charge in [-0.25, -0.2) is 8.42 Å². The zero-order valence-electron chi connectivity index (χ0n) is 14.8. The van der Waals surface area contributed by atoms with Gasteiger partial charge in [-0.2, -0.15) is 0 Å². The van der Waals surface area contributed by atoms with Crippen molar-refractivity contribution in [2.75, 3.05) is 24.9 Å². The quantitative estimate of drug-likeness (QED) is 0.786. The van der Waals surface area contributed by atoms with Crippen LogP contribution in [0.15, 0.2) is 41.3 Å². The number of aryl methyl sites for hydroxylation is 2. The molecule has 0 heterocycles. The third-order valence-electron chi connectivity index (χ3n) is 3.89. The summed E-state index contributed by atoms with van der Waals surface area (Å²) in [5.41, 5.74) is 1.79. The highest BCUT2D eigenvalue weighted by molar-refractivity contribution is 7.92. The van der Waals surface area contributed by atoms with E-state index in [0.29, 0.717) is 21.7 Å². The minimum absolute atomic E-state index is 0.133. The minimum Gasteiger partial charge on any atom is -0.395 e. The molecule has 0 bridgehead atoms. The van der Waals surface area contributed by atoms with Crippen LogP contribution in [0.1, 0.15) is 21.5 Å². The van der Waals surface area contributed by atoms with Crippen LogP contribution in [0, 0.1) is 13.8 Å². The van der Waals surface area contributed by atoms with Crippen molar-refractivity contribution in [2.45, 2.75) is 18.7 Å². The molecule has 0 spiro atoms. The molecule has 140 valence electrons. The molecule has 0 aliphatic rings. The highest BCUT2D eigenvalue weighted by atomic mass is 35.5. The van der Waals surface area contributed by atoms with Crippen LogP contribution in [-0.4, -0.2) is 44.5 Å². The summed E-state index contributed by atoms with van der Waals surface area (Å²) in [6, 6.07) is 9.34. The number of carbonyl (C=O) groups is 1. The predicted octanol–water partition coefficient (Wildman–Crippen LogP) is 2.82. The molecule has 0 saturated heterocycles. The standard InChI is InChI=1S/C18H21ClN2O4S/c1-12-10-17(13(2)9-16(12)19)26(24,25)20-15-6-4-5-14(11-15)18(23)21(3)7-8-22/h4-6,9-11,20,22H,7-8H2,1-3H3. The van der Waals surface area contributed by atoms with Crippen molar-refractivity contribution in [3.8, 4) is 0 Å². The number of anilines is 1. The smallest absolute Gasteiger partial charge is 0.262 e. The van der Waals surface area contributed by atoms with Gasteiger partial charge in [-0.3, -0.25) is 9.52 Å². The van der Waals surface area contributed by atoms with Gasteiger partial charge in [-0.1, -0.05) is 17.7 Å². The van der Waals surface area contributed by atoms with E-state index in [9.17, 15) is 13.2 Å². The van der Waals surface area contributed by atoms with Gasteiger partial charge in [0.15, 0.2) is 0 Å². The van der Waals surface area contributed by atoms with Crippen molar-refractivity contribution >= 4 is 33.2 Å². The first-order valence-electron chi connectivity index (χ1n) is 7.91. The number of halogens is 1. The molecule has 0 radical (unpaired) electrons. The minimum atomic E-state index is -3.83. The fourth-order valence-electron chi connectivity index (χ4n) is 2.44. The number of hydrogen-bond donors (Lipinski definition) is 2. The molecule has 2 rings (SSSR count). The highest BCUT2D eigenvalue weighted by Gasteiger charge is 2.19. The van der Waals surface area contributed by atoms with Crippen LogP contribution in [0.4, 0.5) is 5.69 Å². The van der Waals surface area contributed by atoms with Crippen molar-refractivity contribution in [3.63, 3.8) is 0 Å². The number of carbonyl (C=O) groups excluding carboxylic acids is 1. The zero-order chi connectivity index (χ0) is 19.5. The number of aliphatic hydroxyl groups is 1. The summed E-state index contributed by atoms with van der Waals surface area (Å²) < 4.78 is 27.9. The number of nitrogens with one attached hydrogen (secondary N) is 1. The van der Waals surface area contributed by atoms with E-state index < -0.39 is 10.0 Å². The number of amides is 1. The molecule has 0 fully saturated rings. The van der Waals surface area contributed by atoms with Crippen molar-refractivity contribution in [1.29, 1.82) is 0 Å². The Morgan fingerprint density at radius 1 is 1.19 bits per heavy atom. The van der Waals surface area contributed by atoms with Crippen molar-refractivity contribution in [2.24, 2.45) is 0 Å². The molecular formula is C18H21ClN2O4S. The van der Waals surface area contributed by atoms with E-state index in [1.165, 1.54) is 17.0 Å². The van der Waals surface area contributed by atoms with E-state index in [1.54, 1.807) is 45.2 Å². The topological polar surface area (TPSA) is 86.7 Å². The van der Waals surface area contributed by atoms with Crippen LogP contribution in [0.2, 0.25) is 5.02 Å². The molecule has 26 heavy (non-hydrogen) atoms. The van der Waals surface area contributed by atoms with Crippen LogP contribution >= 0.6 is 11.6 Å². The third kappa shape index (κ3) is 4.55. The summed E-state index contributed by atoms with van der Waals surface area (Å²) in [5, 5.41) is 9.44. The molecular weight excluding hydrogens is 376 g/mol. The Labute approximate surface area is 158 Å². The Kier molecular flexibility index (Phi) is 6.28. The van der Waals surface area contributed by atoms with Crippen LogP contribution in [-0.2, 0) is 10.0 Å². The van der Waals surface area contributed by atoms with Gasteiger partial charge in [0.05, 0.1) is 11.5 Å². The maximum Gasteiger partial charge on any atom is 0.262 e. The Morgan fingerprint density at radius 3 is 2.54 bits per heavy atom. The maximum absolute atomic E-state index is 12.7. The Morgan fingerprint density at radius 2 is 1.88 bits per heavy atom. The first-order chi connectivity index (χ1) is 12.2. The first kappa shape index (κ1) is 20.2. The lowest BCUT2D eigenvalue weighted by Crippen LogP contribution is -2.29. The summed E-state index contributed by atoms with van der Waals surface area (Å²) in [6.45, 7) is 3.45. The SMILES string of the molecule is Cc1cc(S(=O)(=O)Nc2cccc(C(=O)N(C)CCO)c2)c(C)cc1Cl. The molecule has 0 unspecified atom stereocenters. The van der Waals surface area contributed by atoms with E-state index >= 15 is 0 Å². The van der Waals surface area contributed by atoms with Crippen LogP contribution in [0.5, 0.6) is 0 Å². The summed E-state index contributed by atoms with van der Waals surface area (Å²) in [4.78, 5) is 13.8. The third-order valence-corrected chi connectivity index (χ3v) is 5.82. The summed E-state index contributed by atoms with van der Waals surface area (Å²) in [7, 11) is -2.27. The molecule has 2 aromatic carbocycles. The van der Waals surface area contributed by atoms with Crippen LogP contribution in [0.25, 0.3) is 0 Å². The second-order valence-corrected chi connectivity index (χ2v) is 8.06. The molecule has 0 aliphatic heterocycles. The van der Waals surface area contributed by atoms with E-state index in [4.69, 9.17) is 16.7 Å². The maximum atomic E-state index is 12.7. The van der Waals surface area contributed by atoms with E-state index in [2.05, 4.69) is 4.72 Å². The first-order valence-corrected chi connectivity index (χ1v) is 9.78. The average Bonchev–Trinajstić information content (AvgIpc) is 2.57. The van der Waals surface area contributed by atoms with Crippen LogP contribution < -0.4 is 4.72 Å². The predicted molar refractivity (Wildman–Crippen MR) is 102 cm³/mol. The molecule has 8 heteroatoms. The lowest BCUT2D eigenvalue weighted by molar-refractivity contribution is 0.0767. The fourth-order valence-corrected chi connectivity index (χ4v) is 4.02. The van der Waals surface area contributed by atoms with Crippen molar-refractivity contribution in [3.05, 3.63) is 58.1 Å². The number of nitrogens with zero attached hydrogens (tertiary/aromatic N) is 1. The number of rotatable bonds is 6. The molecule has 2 N–H and O–H groups in total. The lowest BCUT2D eigenvalue weighted by atomic mass is 10.2. The van der Waals surface area contributed by atoms with Gasteiger partial charge >= 0.3 is 0 Å². The van der Waals surface area contributed by atoms with Crippen LogP contribution in [0.3, 0.4) is 0 Å². The number of benzene rings is 2. The molecule has 1 amide bonds. The Bertz CT molecular complexity index is 929. The fraction of sp³-hybridized carbons (Fsp3) is 0.278. The van der Waals surface area contributed by atoms with Gasteiger partial charge in [-0.15, -0.1) is 0 Å². The van der Waals surface area contributed by atoms with Gasteiger partial charge in [-0.05, 0) is 55.3 Å². The summed E-state index contributed by atoms with van der Waals surface area (Å²) >= 11 is 6.03. The monoisotopic (exact) mass is 396 g/mol. The largest absolute Gasteiger partial charge is 0.395 e. The molecule has 0 saturated carbocycles. The van der Waals surface area contributed by atoms with Gasteiger partial charge < -0.3 is 10.0 Å². The number of likely N-dealkylation sites (N-methyl/N-ethyl adjacent to an activating group) is 1. The Hall–Kier alpha value is -2.09. The van der Waals surface area contributed by atoms with Gasteiger partial charge in [0.1, 0.15) is 0 Å². The summed E-state index contributed by atoms with van der Waals surface area (Å²) in [5.74, 6) is -0.307. The van der Waals surface area contributed by atoms with Gasteiger partial charge in [0, 0.05) is 29.9 Å². The average molecular weight is 397 g/mol.